The SMILES string of the molecule is COC[C@H](C)Oc1cc(O)cc(-c2ccc(C3=C[C@H]([C@@H](C)O)CN3)[nH]2)c1. The third-order valence-corrected chi connectivity index (χ3v) is 4.45. The zero-order chi connectivity index (χ0) is 18.7. The lowest BCUT2D eigenvalue weighted by atomic mass is 10.1. The minimum absolute atomic E-state index is 0.111. The Hall–Kier alpha value is -2.44. The van der Waals surface area contributed by atoms with Gasteiger partial charge in [0.05, 0.1) is 24.1 Å². The molecule has 1 aliphatic heterocycles. The molecular weight excluding hydrogens is 332 g/mol. The van der Waals surface area contributed by atoms with Crippen LogP contribution in [0.25, 0.3) is 17.0 Å². The highest BCUT2D eigenvalue weighted by Gasteiger charge is 2.21. The first kappa shape index (κ1) is 18.4. The van der Waals surface area contributed by atoms with E-state index in [9.17, 15) is 10.2 Å². The van der Waals surface area contributed by atoms with Gasteiger partial charge in [-0.3, -0.25) is 0 Å². The second kappa shape index (κ2) is 7.85. The van der Waals surface area contributed by atoms with Gasteiger partial charge in [0.25, 0.3) is 0 Å². The van der Waals surface area contributed by atoms with Crippen molar-refractivity contribution in [3.8, 4) is 22.8 Å². The monoisotopic (exact) mass is 358 g/mol. The molecule has 1 aromatic heterocycles. The van der Waals surface area contributed by atoms with Crippen molar-refractivity contribution in [3.63, 3.8) is 0 Å². The summed E-state index contributed by atoms with van der Waals surface area (Å²) in [7, 11) is 1.63. The number of aliphatic hydroxyl groups excluding tert-OH is 1. The van der Waals surface area contributed by atoms with Crippen LogP contribution >= 0.6 is 0 Å². The van der Waals surface area contributed by atoms with Gasteiger partial charge >= 0.3 is 0 Å². The molecule has 140 valence electrons. The fraction of sp³-hybridized carbons (Fsp3) is 0.400. The summed E-state index contributed by atoms with van der Waals surface area (Å²) in [6.07, 6.45) is 1.55. The number of methoxy groups -OCH3 is 1. The molecule has 1 aromatic carbocycles. The Morgan fingerprint density at radius 1 is 1.19 bits per heavy atom. The lowest BCUT2D eigenvalue weighted by Crippen LogP contribution is -2.20. The van der Waals surface area contributed by atoms with Crippen LogP contribution in [0.15, 0.2) is 36.4 Å². The van der Waals surface area contributed by atoms with E-state index in [-0.39, 0.29) is 23.9 Å². The summed E-state index contributed by atoms with van der Waals surface area (Å²) in [4.78, 5) is 3.36. The Balaban J connectivity index is 1.81. The lowest BCUT2D eigenvalue weighted by Gasteiger charge is -2.14. The first-order chi connectivity index (χ1) is 12.5. The van der Waals surface area contributed by atoms with Crippen LogP contribution in [0, 0.1) is 5.92 Å². The summed E-state index contributed by atoms with van der Waals surface area (Å²) in [6, 6.07) is 9.12. The van der Waals surface area contributed by atoms with Crippen molar-refractivity contribution in [2.75, 3.05) is 20.3 Å². The van der Waals surface area contributed by atoms with Gasteiger partial charge in [0, 0.05) is 36.9 Å². The van der Waals surface area contributed by atoms with E-state index in [0.29, 0.717) is 12.4 Å². The summed E-state index contributed by atoms with van der Waals surface area (Å²) < 4.78 is 10.9. The molecule has 0 fully saturated rings. The largest absolute Gasteiger partial charge is 0.508 e. The highest BCUT2D eigenvalue weighted by molar-refractivity contribution is 5.70. The molecule has 3 atom stereocenters. The molecule has 0 saturated carbocycles. The van der Waals surface area contributed by atoms with E-state index >= 15 is 0 Å². The highest BCUT2D eigenvalue weighted by Crippen LogP contribution is 2.31. The number of H-pyrrole nitrogens is 1. The summed E-state index contributed by atoms with van der Waals surface area (Å²) in [5, 5.41) is 23.1. The summed E-state index contributed by atoms with van der Waals surface area (Å²) in [5.74, 6) is 0.846. The molecule has 0 radical (unpaired) electrons. The van der Waals surface area contributed by atoms with E-state index in [4.69, 9.17) is 9.47 Å². The van der Waals surface area contributed by atoms with Crippen molar-refractivity contribution in [1.29, 1.82) is 0 Å². The van der Waals surface area contributed by atoms with Crippen LogP contribution in [0.1, 0.15) is 19.5 Å². The van der Waals surface area contributed by atoms with Crippen molar-refractivity contribution in [3.05, 3.63) is 42.1 Å². The van der Waals surface area contributed by atoms with Gasteiger partial charge in [-0.05, 0) is 38.1 Å². The number of aromatic nitrogens is 1. The molecule has 6 heteroatoms. The summed E-state index contributed by atoms with van der Waals surface area (Å²) in [5.41, 5.74) is 3.64. The molecule has 0 spiro atoms. The number of rotatable bonds is 7. The number of phenols is 1. The molecular formula is C20H26N2O4. The van der Waals surface area contributed by atoms with Crippen LogP contribution < -0.4 is 10.1 Å². The van der Waals surface area contributed by atoms with Crippen molar-refractivity contribution >= 4 is 5.70 Å². The minimum atomic E-state index is -0.380. The van der Waals surface area contributed by atoms with Gasteiger partial charge in [-0.15, -0.1) is 0 Å². The number of aromatic hydroxyl groups is 1. The van der Waals surface area contributed by atoms with E-state index in [1.807, 2.05) is 31.2 Å². The Morgan fingerprint density at radius 2 is 1.96 bits per heavy atom. The van der Waals surface area contributed by atoms with Crippen molar-refractivity contribution in [1.82, 2.24) is 10.3 Å². The maximum atomic E-state index is 10.0. The first-order valence-electron chi connectivity index (χ1n) is 8.79. The molecule has 2 aromatic rings. The van der Waals surface area contributed by atoms with Gasteiger partial charge in [-0.25, -0.2) is 0 Å². The van der Waals surface area contributed by atoms with E-state index in [0.717, 1.165) is 29.2 Å². The topological polar surface area (TPSA) is 86.7 Å². The van der Waals surface area contributed by atoms with Gasteiger partial charge in [0.2, 0.25) is 0 Å². The Labute approximate surface area is 153 Å². The number of hydrogen-bond donors (Lipinski definition) is 4. The normalized spacial score (nSPS) is 18.9. The van der Waals surface area contributed by atoms with Gasteiger partial charge in [0.1, 0.15) is 17.6 Å². The maximum Gasteiger partial charge on any atom is 0.124 e. The zero-order valence-electron chi connectivity index (χ0n) is 15.3. The van der Waals surface area contributed by atoms with Crippen LogP contribution in [0.5, 0.6) is 11.5 Å². The second-order valence-electron chi connectivity index (χ2n) is 6.75. The van der Waals surface area contributed by atoms with Crippen molar-refractivity contribution < 1.29 is 19.7 Å². The van der Waals surface area contributed by atoms with Gasteiger partial charge in [-0.2, -0.15) is 0 Å². The van der Waals surface area contributed by atoms with Gasteiger partial charge in [0.15, 0.2) is 0 Å². The zero-order valence-corrected chi connectivity index (χ0v) is 15.3. The fourth-order valence-corrected chi connectivity index (χ4v) is 3.08. The predicted octanol–water partition coefficient (Wildman–Crippen LogP) is 2.74. The molecule has 2 heterocycles. The molecule has 0 amide bonds. The number of ether oxygens (including phenoxy) is 2. The summed E-state index contributed by atoms with van der Waals surface area (Å²) >= 11 is 0. The Morgan fingerprint density at radius 3 is 2.65 bits per heavy atom. The quantitative estimate of drug-likeness (QED) is 0.611. The van der Waals surface area contributed by atoms with E-state index < -0.39 is 0 Å². The van der Waals surface area contributed by atoms with Crippen LogP contribution in [0.3, 0.4) is 0 Å². The number of phenolic OH excluding ortho intramolecular Hbond substituents is 1. The van der Waals surface area contributed by atoms with Gasteiger partial charge in [-0.1, -0.05) is 6.08 Å². The second-order valence-corrected chi connectivity index (χ2v) is 6.75. The van der Waals surface area contributed by atoms with Gasteiger partial charge < -0.3 is 30.0 Å². The molecule has 4 N–H and O–H groups in total. The first-order valence-corrected chi connectivity index (χ1v) is 8.79. The van der Waals surface area contributed by atoms with Crippen LogP contribution in [-0.4, -0.2) is 47.7 Å². The smallest absolute Gasteiger partial charge is 0.124 e. The Kier molecular flexibility index (Phi) is 5.54. The highest BCUT2D eigenvalue weighted by atomic mass is 16.5. The standard InChI is InChI=1S/C20H26N2O4/c1-12(11-25-3)26-17-7-14(6-16(24)9-17)18-4-5-19(22-18)20-8-15(10-21-20)13(2)23/h4-9,12-13,15,21-24H,10-11H2,1-3H3/t12-,13+,15-/m0/s1. The number of aliphatic hydroxyl groups is 1. The third-order valence-electron chi connectivity index (χ3n) is 4.45. The molecule has 3 rings (SSSR count). The number of nitrogens with one attached hydrogen (secondary N) is 2. The number of benzene rings is 1. The molecule has 0 bridgehead atoms. The van der Waals surface area contributed by atoms with Crippen molar-refractivity contribution in [2.24, 2.45) is 5.92 Å². The molecule has 26 heavy (non-hydrogen) atoms. The molecule has 0 saturated heterocycles. The summed E-state index contributed by atoms with van der Waals surface area (Å²) in [6.45, 7) is 4.91. The Bertz CT molecular complexity index is 782. The third kappa shape index (κ3) is 4.20. The average molecular weight is 358 g/mol. The van der Waals surface area contributed by atoms with Crippen LogP contribution in [0.2, 0.25) is 0 Å². The lowest BCUT2D eigenvalue weighted by molar-refractivity contribution is 0.0919. The molecule has 0 aliphatic carbocycles. The number of aromatic amines is 1. The van der Waals surface area contributed by atoms with Crippen molar-refractivity contribution in [2.45, 2.75) is 26.1 Å². The van der Waals surface area contributed by atoms with Crippen LogP contribution in [0.4, 0.5) is 0 Å². The minimum Gasteiger partial charge on any atom is -0.508 e. The fourth-order valence-electron chi connectivity index (χ4n) is 3.08. The predicted molar refractivity (Wildman–Crippen MR) is 101 cm³/mol. The molecule has 0 unspecified atom stereocenters. The number of hydrogen-bond acceptors (Lipinski definition) is 5. The van der Waals surface area contributed by atoms with Crippen LogP contribution in [-0.2, 0) is 4.74 Å². The maximum absolute atomic E-state index is 10.0. The average Bonchev–Trinajstić information content (AvgIpc) is 3.24. The molecule has 6 nitrogen and oxygen atoms in total. The van der Waals surface area contributed by atoms with E-state index in [1.165, 1.54) is 0 Å². The van der Waals surface area contributed by atoms with E-state index in [1.54, 1.807) is 26.2 Å². The molecule has 1 aliphatic rings. The van der Waals surface area contributed by atoms with E-state index in [2.05, 4.69) is 10.3 Å².